The molecule has 6 nitrogen and oxygen atoms in total. The van der Waals surface area contributed by atoms with E-state index in [1.54, 1.807) is 0 Å². The monoisotopic (exact) mass is 438 g/mol. The van der Waals surface area contributed by atoms with Crippen LogP contribution in [0.15, 0.2) is 77.6 Å². The van der Waals surface area contributed by atoms with Crippen LogP contribution in [-0.4, -0.2) is 22.6 Å². The van der Waals surface area contributed by atoms with Crippen LogP contribution in [0.3, 0.4) is 0 Å². The van der Waals surface area contributed by atoms with E-state index >= 15 is 0 Å². The predicted octanol–water partition coefficient (Wildman–Crippen LogP) is 4.32. The molecule has 0 aliphatic carbocycles. The van der Waals surface area contributed by atoms with E-state index in [4.69, 9.17) is 9.47 Å². The van der Waals surface area contributed by atoms with Gasteiger partial charge in [0, 0.05) is 22.9 Å². The molecule has 0 saturated carbocycles. The quantitative estimate of drug-likeness (QED) is 0.515. The van der Waals surface area contributed by atoms with Gasteiger partial charge in [0.25, 0.3) is 0 Å². The number of amides is 1. The molecule has 6 rings (SSSR count). The van der Waals surface area contributed by atoms with E-state index < -0.39 is 6.04 Å². The average Bonchev–Trinajstić information content (AvgIpc) is 3.48. The zero-order valence-electron chi connectivity index (χ0n) is 17.9. The number of nitrogens with zero attached hydrogens (tertiary/aromatic N) is 1. The lowest BCUT2D eigenvalue weighted by Crippen LogP contribution is -2.30. The van der Waals surface area contributed by atoms with Crippen LogP contribution in [-0.2, 0) is 17.8 Å². The van der Waals surface area contributed by atoms with Crippen LogP contribution in [0, 0.1) is 0 Å². The van der Waals surface area contributed by atoms with Gasteiger partial charge in [-0.1, -0.05) is 48.5 Å². The Hall–Kier alpha value is -4.06. The highest BCUT2D eigenvalue weighted by molar-refractivity contribution is 5.82. The molecule has 0 radical (unpaired) electrons. The molecule has 1 N–H and O–H groups in total. The molecular formula is C27H22N2O4. The van der Waals surface area contributed by atoms with Gasteiger partial charge in [-0.05, 0) is 41.8 Å². The largest absolute Gasteiger partial charge is 0.454 e. The van der Waals surface area contributed by atoms with E-state index in [-0.39, 0.29) is 24.7 Å². The zero-order valence-corrected chi connectivity index (χ0v) is 17.9. The number of nitrogens with one attached hydrogen (secondary N) is 1. The van der Waals surface area contributed by atoms with E-state index in [2.05, 4.69) is 4.98 Å². The summed E-state index contributed by atoms with van der Waals surface area (Å²) in [7, 11) is 0. The van der Waals surface area contributed by atoms with Crippen LogP contribution in [0.4, 0.5) is 0 Å². The standard InChI is InChI=1S/C27H22N2O4/c30-24(13-10-17-6-2-1-3-7-17)29-15-20-25(28-21-9-5-4-8-19(21)27(20)31)26(29)18-11-12-22-23(14-18)33-16-32-22/h1-9,11-12,14,26H,10,13,15-16H2,(H,28,31). The molecule has 0 saturated heterocycles. The summed E-state index contributed by atoms with van der Waals surface area (Å²) < 4.78 is 11.0. The van der Waals surface area contributed by atoms with Gasteiger partial charge in [0.15, 0.2) is 16.9 Å². The Morgan fingerprint density at radius 2 is 1.76 bits per heavy atom. The van der Waals surface area contributed by atoms with Crippen molar-refractivity contribution in [3.63, 3.8) is 0 Å². The molecule has 0 fully saturated rings. The summed E-state index contributed by atoms with van der Waals surface area (Å²) >= 11 is 0. The summed E-state index contributed by atoms with van der Waals surface area (Å²) in [6, 6.07) is 22.8. The molecular weight excluding hydrogens is 416 g/mol. The van der Waals surface area contributed by atoms with Crippen molar-refractivity contribution in [3.05, 3.63) is 105 Å². The summed E-state index contributed by atoms with van der Waals surface area (Å²) in [4.78, 5) is 32.1. The molecule has 3 heterocycles. The minimum Gasteiger partial charge on any atom is -0.454 e. The van der Waals surface area contributed by atoms with Crippen LogP contribution in [0.2, 0.25) is 0 Å². The summed E-state index contributed by atoms with van der Waals surface area (Å²) in [6.07, 6.45) is 1.02. The van der Waals surface area contributed by atoms with Crippen LogP contribution in [0.1, 0.15) is 34.8 Å². The first kappa shape index (κ1) is 19.6. The van der Waals surface area contributed by atoms with Crippen molar-refractivity contribution in [2.45, 2.75) is 25.4 Å². The minimum absolute atomic E-state index is 0.00887. The molecule has 0 spiro atoms. The van der Waals surface area contributed by atoms with Gasteiger partial charge in [0.05, 0.1) is 18.3 Å². The number of fused-ring (bicyclic) bond motifs is 3. The van der Waals surface area contributed by atoms with Crippen molar-refractivity contribution >= 4 is 16.8 Å². The van der Waals surface area contributed by atoms with Gasteiger partial charge in [-0.25, -0.2) is 0 Å². The molecule has 4 aromatic rings. The van der Waals surface area contributed by atoms with Crippen molar-refractivity contribution < 1.29 is 14.3 Å². The Morgan fingerprint density at radius 3 is 2.64 bits per heavy atom. The van der Waals surface area contributed by atoms with E-state index in [9.17, 15) is 9.59 Å². The van der Waals surface area contributed by atoms with Gasteiger partial charge in [-0.15, -0.1) is 0 Å². The van der Waals surface area contributed by atoms with Gasteiger partial charge < -0.3 is 19.4 Å². The second-order valence-electron chi connectivity index (χ2n) is 8.41. The lowest BCUT2D eigenvalue weighted by molar-refractivity contribution is -0.132. The number of carbonyl (C=O) groups excluding carboxylic acids is 1. The Labute approximate surface area is 190 Å². The van der Waals surface area contributed by atoms with Gasteiger partial charge in [-0.2, -0.15) is 0 Å². The predicted molar refractivity (Wildman–Crippen MR) is 124 cm³/mol. The lowest BCUT2D eigenvalue weighted by atomic mass is 10.00. The number of aromatic nitrogens is 1. The first-order valence-corrected chi connectivity index (χ1v) is 11.1. The summed E-state index contributed by atoms with van der Waals surface area (Å²) in [5.74, 6) is 1.35. The first-order chi connectivity index (χ1) is 16.2. The van der Waals surface area contributed by atoms with Crippen molar-refractivity contribution in [1.82, 2.24) is 9.88 Å². The van der Waals surface area contributed by atoms with Crippen molar-refractivity contribution in [2.24, 2.45) is 0 Å². The lowest BCUT2D eigenvalue weighted by Gasteiger charge is -2.26. The highest BCUT2D eigenvalue weighted by Crippen LogP contribution is 2.41. The van der Waals surface area contributed by atoms with Crippen LogP contribution < -0.4 is 14.9 Å². The average molecular weight is 438 g/mol. The molecule has 0 bridgehead atoms. The number of pyridine rings is 1. The van der Waals surface area contributed by atoms with E-state index in [0.717, 1.165) is 22.3 Å². The maximum Gasteiger partial charge on any atom is 0.231 e. The third-order valence-corrected chi connectivity index (χ3v) is 6.46. The zero-order chi connectivity index (χ0) is 22.4. The number of hydrogen-bond donors (Lipinski definition) is 1. The summed E-state index contributed by atoms with van der Waals surface area (Å²) in [6.45, 7) is 0.462. The fraction of sp³-hybridized carbons (Fsp3) is 0.185. The van der Waals surface area contributed by atoms with E-state index in [0.29, 0.717) is 35.3 Å². The number of H-pyrrole nitrogens is 1. The number of benzene rings is 3. The fourth-order valence-electron chi connectivity index (χ4n) is 4.80. The van der Waals surface area contributed by atoms with Crippen molar-refractivity contribution in [3.8, 4) is 11.5 Å². The molecule has 1 amide bonds. The third-order valence-electron chi connectivity index (χ3n) is 6.46. The molecule has 1 aromatic heterocycles. The molecule has 2 aliphatic heterocycles. The SMILES string of the molecule is O=C(CCc1ccccc1)N1Cc2c([nH]c3ccccc3c2=O)C1c1ccc2c(c1)OCO2. The highest BCUT2D eigenvalue weighted by atomic mass is 16.7. The molecule has 164 valence electrons. The van der Waals surface area contributed by atoms with Gasteiger partial charge in [0.2, 0.25) is 12.7 Å². The van der Waals surface area contributed by atoms with E-state index in [1.807, 2.05) is 77.7 Å². The number of ether oxygens (including phenoxy) is 2. The Balaban J connectivity index is 1.42. The van der Waals surface area contributed by atoms with Crippen LogP contribution in [0.25, 0.3) is 10.9 Å². The van der Waals surface area contributed by atoms with Crippen molar-refractivity contribution in [2.75, 3.05) is 6.79 Å². The molecule has 33 heavy (non-hydrogen) atoms. The normalized spacial score (nSPS) is 16.2. The topological polar surface area (TPSA) is 71.6 Å². The van der Waals surface area contributed by atoms with Crippen LogP contribution >= 0.6 is 0 Å². The molecule has 1 atom stereocenters. The Morgan fingerprint density at radius 1 is 0.970 bits per heavy atom. The van der Waals surface area contributed by atoms with Gasteiger partial charge >= 0.3 is 0 Å². The fourth-order valence-corrected chi connectivity index (χ4v) is 4.80. The second kappa shape index (κ2) is 7.81. The number of aromatic amines is 1. The van der Waals surface area contributed by atoms with Gasteiger partial charge in [0.1, 0.15) is 0 Å². The third kappa shape index (κ3) is 3.35. The molecule has 2 aliphatic rings. The second-order valence-corrected chi connectivity index (χ2v) is 8.41. The number of aryl methyl sites for hydroxylation is 1. The smallest absolute Gasteiger partial charge is 0.231 e. The summed E-state index contributed by atoms with van der Waals surface area (Å²) in [5.41, 5.74) is 4.16. The number of carbonyl (C=O) groups is 1. The molecule has 6 heteroatoms. The van der Waals surface area contributed by atoms with Gasteiger partial charge in [-0.3, -0.25) is 9.59 Å². The number of rotatable bonds is 4. The Kier molecular flexibility index (Phi) is 4.64. The highest BCUT2D eigenvalue weighted by Gasteiger charge is 2.38. The summed E-state index contributed by atoms with van der Waals surface area (Å²) in [5, 5.41) is 0.638. The van der Waals surface area contributed by atoms with E-state index in [1.165, 1.54) is 0 Å². The first-order valence-electron chi connectivity index (χ1n) is 11.1. The number of para-hydroxylation sites is 1. The number of hydrogen-bond acceptors (Lipinski definition) is 4. The van der Waals surface area contributed by atoms with Crippen molar-refractivity contribution in [1.29, 1.82) is 0 Å². The maximum absolute atomic E-state index is 13.5. The minimum atomic E-state index is -0.393. The van der Waals surface area contributed by atoms with Crippen LogP contribution in [0.5, 0.6) is 11.5 Å². The molecule has 1 unspecified atom stereocenters. The Bertz CT molecular complexity index is 1430. The molecule has 3 aromatic carbocycles. The maximum atomic E-state index is 13.5.